The van der Waals surface area contributed by atoms with Crippen molar-refractivity contribution in [2.75, 3.05) is 13.7 Å². The van der Waals surface area contributed by atoms with Gasteiger partial charge in [-0.3, -0.25) is 4.90 Å². The van der Waals surface area contributed by atoms with E-state index in [1.54, 1.807) is 13.0 Å². The van der Waals surface area contributed by atoms with Gasteiger partial charge in [0, 0.05) is 18.7 Å². The highest BCUT2D eigenvalue weighted by molar-refractivity contribution is 5.28. The molecular weight excluding hydrogens is 337 g/mol. The van der Waals surface area contributed by atoms with Gasteiger partial charge in [0.15, 0.2) is 0 Å². The average molecular weight is 363 g/mol. The van der Waals surface area contributed by atoms with Crippen molar-refractivity contribution in [1.82, 2.24) is 4.90 Å². The molecule has 3 heteroatoms. The minimum atomic E-state index is -0.232. The molecule has 3 aromatic rings. The van der Waals surface area contributed by atoms with E-state index in [1.807, 2.05) is 18.2 Å². The Morgan fingerprint density at radius 2 is 1.52 bits per heavy atom. The van der Waals surface area contributed by atoms with Crippen LogP contribution in [0.3, 0.4) is 0 Å². The summed E-state index contributed by atoms with van der Waals surface area (Å²) in [5, 5.41) is 0. The minimum Gasteiger partial charge on any atom is -0.492 e. The summed E-state index contributed by atoms with van der Waals surface area (Å²) in [4.78, 5) is 2.30. The van der Waals surface area contributed by atoms with Crippen LogP contribution in [0.1, 0.15) is 16.7 Å². The highest BCUT2D eigenvalue weighted by Gasteiger charge is 2.17. The normalized spacial score (nSPS) is 12.1. The van der Waals surface area contributed by atoms with Crippen molar-refractivity contribution in [2.24, 2.45) is 0 Å². The summed E-state index contributed by atoms with van der Waals surface area (Å²) in [5.41, 5.74) is 3.16. The number of likely N-dealkylation sites (N-methyl/N-ethyl adjacent to an activating group) is 1. The predicted molar refractivity (Wildman–Crippen MR) is 108 cm³/mol. The summed E-state index contributed by atoms with van der Waals surface area (Å²) >= 11 is 0. The molecule has 0 heterocycles. The van der Waals surface area contributed by atoms with E-state index in [1.165, 1.54) is 17.2 Å². The molecule has 1 unspecified atom stereocenters. The molecule has 0 fully saturated rings. The van der Waals surface area contributed by atoms with E-state index in [2.05, 4.69) is 60.5 Å². The zero-order chi connectivity index (χ0) is 19.1. The van der Waals surface area contributed by atoms with E-state index in [4.69, 9.17) is 4.74 Å². The van der Waals surface area contributed by atoms with Crippen LogP contribution < -0.4 is 4.74 Å². The Morgan fingerprint density at radius 1 is 0.889 bits per heavy atom. The van der Waals surface area contributed by atoms with Gasteiger partial charge in [0.2, 0.25) is 0 Å². The standard InChI is InChI=1S/C24H26FNO/c1-19-13-14-23(16-24(19)25)27-18-22(15-20-9-5-3-6-10-20)26(2)17-21-11-7-4-8-12-21/h3-14,16,22H,15,17-18H2,1-2H3. The molecule has 0 amide bonds. The highest BCUT2D eigenvalue weighted by atomic mass is 19.1. The summed E-state index contributed by atoms with van der Waals surface area (Å²) in [7, 11) is 2.11. The molecule has 0 aliphatic rings. The molecule has 3 aromatic carbocycles. The number of nitrogens with zero attached hydrogens (tertiary/aromatic N) is 1. The van der Waals surface area contributed by atoms with Crippen LogP contribution in [0.15, 0.2) is 78.9 Å². The Bertz CT molecular complexity index is 836. The van der Waals surface area contributed by atoms with E-state index in [9.17, 15) is 4.39 Å². The van der Waals surface area contributed by atoms with Gasteiger partial charge in [0.05, 0.1) is 0 Å². The van der Waals surface area contributed by atoms with Crippen molar-refractivity contribution in [1.29, 1.82) is 0 Å². The van der Waals surface area contributed by atoms with Gasteiger partial charge in [-0.25, -0.2) is 4.39 Å². The van der Waals surface area contributed by atoms with Gasteiger partial charge in [-0.2, -0.15) is 0 Å². The summed E-state index contributed by atoms with van der Waals surface area (Å²) in [6, 6.07) is 26.0. The molecule has 0 saturated heterocycles. The first-order valence-electron chi connectivity index (χ1n) is 9.29. The molecule has 0 spiro atoms. The first-order valence-corrected chi connectivity index (χ1v) is 9.29. The third kappa shape index (κ3) is 5.66. The van der Waals surface area contributed by atoms with E-state index >= 15 is 0 Å². The number of rotatable bonds is 8. The quantitative estimate of drug-likeness (QED) is 0.541. The maximum atomic E-state index is 13.8. The van der Waals surface area contributed by atoms with Crippen molar-refractivity contribution in [3.63, 3.8) is 0 Å². The van der Waals surface area contributed by atoms with Gasteiger partial charge in [0.25, 0.3) is 0 Å². The van der Waals surface area contributed by atoms with Crippen molar-refractivity contribution >= 4 is 0 Å². The van der Waals surface area contributed by atoms with Gasteiger partial charge in [-0.15, -0.1) is 0 Å². The van der Waals surface area contributed by atoms with Gasteiger partial charge in [0.1, 0.15) is 18.2 Å². The molecule has 0 aromatic heterocycles. The summed E-state index contributed by atoms with van der Waals surface area (Å²) in [6.45, 7) is 3.09. The van der Waals surface area contributed by atoms with Crippen molar-refractivity contribution < 1.29 is 9.13 Å². The van der Waals surface area contributed by atoms with Crippen LogP contribution in [-0.2, 0) is 13.0 Å². The molecule has 0 N–H and O–H groups in total. The number of aryl methyl sites for hydroxylation is 1. The molecule has 2 nitrogen and oxygen atoms in total. The Kier molecular flexibility index (Phi) is 6.61. The van der Waals surface area contributed by atoms with Gasteiger partial charge in [-0.1, -0.05) is 66.7 Å². The number of halogens is 1. The average Bonchev–Trinajstić information content (AvgIpc) is 2.69. The summed E-state index contributed by atoms with van der Waals surface area (Å²) in [6.07, 6.45) is 0.874. The zero-order valence-corrected chi connectivity index (χ0v) is 15.9. The molecule has 0 saturated carbocycles. The SMILES string of the molecule is Cc1ccc(OCC(Cc2ccccc2)N(C)Cc2ccccc2)cc1F. The molecule has 0 radical (unpaired) electrons. The van der Waals surface area contributed by atoms with E-state index in [0.29, 0.717) is 17.9 Å². The molecule has 0 bridgehead atoms. The summed E-state index contributed by atoms with van der Waals surface area (Å²) < 4.78 is 19.8. The Morgan fingerprint density at radius 3 is 2.15 bits per heavy atom. The fourth-order valence-corrected chi connectivity index (χ4v) is 3.08. The van der Waals surface area contributed by atoms with Gasteiger partial charge in [-0.05, 0) is 43.1 Å². The smallest absolute Gasteiger partial charge is 0.129 e. The molecule has 0 aliphatic carbocycles. The second kappa shape index (κ2) is 9.33. The lowest BCUT2D eigenvalue weighted by Crippen LogP contribution is -2.38. The van der Waals surface area contributed by atoms with Gasteiger partial charge < -0.3 is 4.74 Å². The van der Waals surface area contributed by atoms with Crippen LogP contribution >= 0.6 is 0 Å². The van der Waals surface area contributed by atoms with Crippen LogP contribution in [-0.4, -0.2) is 24.6 Å². The molecule has 140 valence electrons. The maximum Gasteiger partial charge on any atom is 0.129 e. The molecule has 3 rings (SSSR count). The number of ether oxygens (including phenoxy) is 1. The van der Waals surface area contributed by atoms with E-state index in [-0.39, 0.29) is 11.9 Å². The van der Waals surface area contributed by atoms with Crippen LogP contribution in [0.25, 0.3) is 0 Å². The lowest BCUT2D eigenvalue weighted by Gasteiger charge is -2.28. The van der Waals surface area contributed by atoms with Crippen LogP contribution in [0.2, 0.25) is 0 Å². The lowest BCUT2D eigenvalue weighted by molar-refractivity contribution is 0.154. The third-order valence-corrected chi connectivity index (χ3v) is 4.80. The molecular formula is C24H26FNO. The van der Waals surface area contributed by atoms with Crippen LogP contribution in [0, 0.1) is 12.7 Å². The topological polar surface area (TPSA) is 12.5 Å². The molecule has 1 atom stereocenters. The van der Waals surface area contributed by atoms with Crippen molar-refractivity contribution in [2.45, 2.75) is 25.9 Å². The highest BCUT2D eigenvalue weighted by Crippen LogP contribution is 2.18. The largest absolute Gasteiger partial charge is 0.492 e. The molecule has 0 aliphatic heterocycles. The second-order valence-electron chi connectivity index (χ2n) is 6.97. The Hall–Kier alpha value is -2.65. The minimum absolute atomic E-state index is 0.178. The number of hydrogen-bond acceptors (Lipinski definition) is 2. The second-order valence-corrected chi connectivity index (χ2v) is 6.97. The Balaban J connectivity index is 1.71. The first-order chi connectivity index (χ1) is 13.1. The first kappa shape index (κ1) is 19.1. The van der Waals surface area contributed by atoms with Crippen molar-refractivity contribution in [3.8, 4) is 5.75 Å². The fourth-order valence-electron chi connectivity index (χ4n) is 3.08. The van der Waals surface area contributed by atoms with Crippen molar-refractivity contribution in [3.05, 3.63) is 101 Å². The fraction of sp³-hybridized carbons (Fsp3) is 0.250. The monoisotopic (exact) mass is 363 g/mol. The molecule has 27 heavy (non-hydrogen) atoms. The third-order valence-electron chi connectivity index (χ3n) is 4.80. The number of benzene rings is 3. The van der Waals surface area contributed by atoms with Crippen LogP contribution in [0.5, 0.6) is 5.75 Å². The predicted octanol–water partition coefficient (Wildman–Crippen LogP) is 5.26. The maximum absolute atomic E-state index is 13.8. The summed E-state index contributed by atoms with van der Waals surface area (Å²) in [5.74, 6) is 0.342. The lowest BCUT2D eigenvalue weighted by atomic mass is 10.0. The van der Waals surface area contributed by atoms with E-state index in [0.717, 1.165) is 13.0 Å². The Labute approximate surface area is 161 Å². The van der Waals surface area contributed by atoms with Crippen LogP contribution in [0.4, 0.5) is 4.39 Å². The van der Waals surface area contributed by atoms with Gasteiger partial charge >= 0.3 is 0 Å². The zero-order valence-electron chi connectivity index (χ0n) is 15.9. The number of hydrogen-bond donors (Lipinski definition) is 0. The van der Waals surface area contributed by atoms with E-state index < -0.39 is 0 Å².